The molecule has 1 amide bonds. The SMILES string of the molecule is C[C@H]1C[C@H](C)CN(S(=O)(=O)c2ccc(C(=O)Nc3nc4ccc(S(N)(=O)=O)cc4s3)cc2)C1. The quantitative estimate of drug-likeness (QED) is 0.543. The summed E-state index contributed by atoms with van der Waals surface area (Å²) in [6, 6.07) is 10.1. The Bertz CT molecular complexity index is 1410. The molecule has 0 aliphatic carbocycles. The summed E-state index contributed by atoms with van der Waals surface area (Å²) in [6.07, 6.45) is 1.00. The molecule has 1 aromatic heterocycles. The van der Waals surface area contributed by atoms with Gasteiger partial charge in [0.15, 0.2) is 5.13 Å². The van der Waals surface area contributed by atoms with E-state index in [2.05, 4.69) is 10.3 Å². The Morgan fingerprint density at radius 3 is 2.24 bits per heavy atom. The number of anilines is 1. The van der Waals surface area contributed by atoms with Gasteiger partial charge in [0.05, 0.1) is 20.0 Å². The van der Waals surface area contributed by atoms with Crippen LogP contribution in [0.4, 0.5) is 5.13 Å². The van der Waals surface area contributed by atoms with Crippen LogP contribution >= 0.6 is 11.3 Å². The van der Waals surface area contributed by atoms with Crippen LogP contribution in [0.5, 0.6) is 0 Å². The van der Waals surface area contributed by atoms with E-state index >= 15 is 0 Å². The Morgan fingerprint density at radius 2 is 1.64 bits per heavy atom. The van der Waals surface area contributed by atoms with Gasteiger partial charge in [0.2, 0.25) is 20.0 Å². The standard InChI is InChI=1S/C21H24N4O5S3/c1-13-9-14(2)12-25(11-13)33(29,30)16-5-3-15(4-6-16)20(26)24-21-23-18-8-7-17(32(22,27)28)10-19(18)31-21/h3-8,10,13-14H,9,11-12H2,1-2H3,(H2,22,27,28)(H,23,24,26)/t13-,14-/m0/s1. The monoisotopic (exact) mass is 508 g/mol. The number of benzene rings is 2. The van der Waals surface area contributed by atoms with E-state index in [-0.39, 0.29) is 20.5 Å². The van der Waals surface area contributed by atoms with Crippen LogP contribution in [0.1, 0.15) is 30.6 Å². The zero-order chi connectivity index (χ0) is 24.0. The van der Waals surface area contributed by atoms with Crippen LogP contribution in [0.15, 0.2) is 52.3 Å². The molecule has 12 heteroatoms. The second kappa shape index (κ2) is 8.76. The highest BCUT2D eigenvalue weighted by Gasteiger charge is 2.31. The molecule has 0 bridgehead atoms. The second-order valence-electron chi connectivity index (χ2n) is 8.44. The Labute approximate surface area is 196 Å². The zero-order valence-electron chi connectivity index (χ0n) is 18.1. The van der Waals surface area contributed by atoms with E-state index in [0.29, 0.717) is 35.1 Å². The highest BCUT2D eigenvalue weighted by molar-refractivity contribution is 7.89. The summed E-state index contributed by atoms with van der Waals surface area (Å²) in [5, 5.41) is 8.11. The summed E-state index contributed by atoms with van der Waals surface area (Å²) in [5.41, 5.74) is 0.799. The number of piperidine rings is 1. The summed E-state index contributed by atoms with van der Waals surface area (Å²) in [7, 11) is -7.47. The molecular weight excluding hydrogens is 484 g/mol. The number of nitrogens with two attached hydrogens (primary N) is 1. The number of carbonyl (C=O) groups is 1. The fourth-order valence-corrected chi connectivity index (χ4v) is 7.23. The minimum absolute atomic E-state index is 0.0363. The van der Waals surface area contributed by atoms with Crippen LogP contribution in [0.25, 0.3) is 10.2 Å². The third kappa shape index (κ3) is 5.09. The number of sulfonamides is 2. The highest BCUT2D eigenvalue weighted by Crippen LogP contribution is 2.29. The first kappa shape index (κ1) is 23.8. The molecule has 3 aromatic rings. The number of carbonyl (C=O) groups excluding carboxylic acids is 1. The van der Waals surface area contributed by atoms with Crippen LogP contribution in [0.3, 0.4) is 0 Å². The number of aromatic nitrogens is 1. The highest BCUT2D eigenvalue weighted by atomic mass is 32.2. The Balaban J connectivity index is 1.50. The van der Waals surface area contributed by atoms with Gasteiger partial charge in [-0.2, -0.15) is 4.31 Å². The number of hydrogen-bond acceptors (Lipinski definition) is 7. The van der Waals surface area contributed by atoms with Crippen molar-refractivity contribution in [1.29, 1.82) is 0 Å². The first-order chi connectivity index (χ1) is 15.4. The second-order valence-corrected chi connectivity index (χ2v) is 13.0. The minimum atomic E-state index is -3.84. The summed E-state index contributed by atoms with van der Waals surface area (Å²) in [5.74, 6) is 0.136. The van der Waals surface area contributed by atoms with Crippen LogP contribution in [0, 0.1) is 11.8 Å². The van der Waals surface area contributed by atoms with Crippen molar-refractivity contribution in [3.63, 3.8) is 0 Å². The van der Waals surface area contributed by atoms with E-state index in [1.807, 2.05) is 13.8 Å². The van der Waals surface area contributed by atoms with Gasteiger partial charge < -0.3 is 0 Å². The van der Waals surface area contributed by atoms with Crippen molar-refractivity contribution >= 4 is 52.6 Å². The molecule has 0 radical (unpaired) electrons. The number of amides is 1. The van der Waals surface area contributed by atoms with Gasteiger partial charge in [0.1, 0.15) is 0 Å². The molecular formula is C21H24N4O5S3. The van der Waals surface area contributed by atoms with Crippen LogP contribution in [-0.4, -0.2) is 45.1 Å². The van der Waals surface area contributed by atoms with Gasteiger partial charge in [-0.15, -0.1) is 0 Å². The predicted molar refractivity (Wildman–Crippen MR) is 127 cm³/mol. The Morgan fingerprint density at radius 1 is 1.03 bits per heavy atom. The number of nitrogens with one attached hydrogen (secondary N) is 1. The van der Waals surface area contributed by atoms with Crippen molar-refractivity contribution < 1.29 is 21.6 Å². The molecule has 0 unspecified atom stereocenters. The smallest absolute Gasteiger partial charge is 0.257 e. The average Bonchev–Trinajstić information content (AvgIpc) is 3.14. The molecule has 4 rings (SSSR count). The van der Waals surface area contributed by atoms with E-state index < -0.39 is 26.0 Å². The van der Waals surface area contributed by atoms with Crippen molar-refractivity contribution in [2.75, 3.05) is 18.4 Å². The molecule has 2 heterocycles. The number of fused-ring (bicyclic) bond motifs is 1. The predicted octanol–water partition coefficient (Wildman–Crippen LogP) is 2.86. The minimum Gasteiger partial charge on any atom is -0.298 e. The van der Waals surface area contributed by atoms with Crippen molar-refractivity contribution in [1.82, 2.24) is 9.29 Å². The van der Waals surface area contributed by atoms with Crippen LogP contribution in [0.2, 0.25) is 0 Å². The zero-order valence-corrected chi connectivity index (χ0v) is 20.5. The van der Waals surface area contributed by atoms with Crippen molar-refractivity contribution in [3.8, 4) is 0 Å². The normalized spacial score (nSPS) is 20.1. The maximum Gasteiger partial charge on any atom is 0.257 e. The largest absolute Gasteiger partial charge is 0.298 e. The lowest BCUT2D eigenvalue weighted by Crippen LogP contribution is -2.42. The lowest BCUT2D eigenvalue weighted by molar-refractivity contribution is 0.102. The molecule has 33 heavy (non-hydrogen) atoms. The number of rotatable bonds is 5. The van der Waals surface area contributed by atoms with E-state index in [1.165, 1.54) is 46.8 Å². The van der Waals surface area contributed by atoms with E-state index in [9.17, 15) is 21.6 Å². The first-order valence-corrected chi connectivity index (χ1v) is 14.1. The van der Waals surface area contributed by atoms with Gasteiger partial charge in [-0.1, -0.05) is 25.2 Å². The Hall–Kier alpha value is -2.38. The molecule has 1 saturated heterocycles. The molecule has 0 saturated carbocycles. The maximum absolute atomic E-state index is 13.0. The van der Waals surface area contributed by atoms with Gasteiger partial charge in [0.25, 0.3) is 5.91 Å². The van der Waals surface area contributed by atoms with Crippen molar-refractivity contribution in [2.24, 2.45) is 17.0 Å². The third-order valence-electron chi connectivity index (χ3n) is 5.50. The molecule has 1 fully saturated rings. The fourth-order valence-electron chi connectivity index (χ4n) is 4.03. The molecule has 2 atom stereocenters. The lowest BCUT2D eigenvalue weighted by atomic mass is 9.94. The van der Waals surface area contributed by atoms with Gasteiger partial charge in [0, 0.05) is 18.7 Å². The lowest BCUT2D eigenvalue weighted by Gasteiger charge is -2.34. The maximum atomic E-state index is 13.0. The number of thiazole rings is 1. The molecule has 1 aliphatic rings. The summed E-state index contributed by atoms with van der Waals surface area (Å²) >= 11 is 1.11. The van der Waals surface area contributed by atoms with Gasteiger partial charge in [-0.05, 0) is 60.7 Å². The molecule has 176 valence electrons. The summed E-state index contributed by atoms with van der Waals surface area (Å²) in [6.45, 7) is 5.06. The van der Waals surface area contributed by atoms with E-state index in [1.54, 1.807) is 0 Å². The molecule has 0 spiro atoms. The average molecular weight is 509 g/mol. The van der Waals surface area contributed by atoms with E-state index in [4.69, 9.17) is 5.14 Å². The van der Waals surface area contributed by atoms with Crippen LogP contribution < -0.4 is 10.5 Å². The molecule has 1 aliphatic heterocycles. The van der Waals surface area contributed by atoms with Crippen molar-refractivity contribution in [3.05, 3.63) is 48.0 Å². The number of hydrogen-bond donors (Lipinski definition) is 2. The van der Waals surface area contributed by atoms with Crippen LogP contribution in [-0.2, 0) is 20.0 Å². The molecule has 2 aromatic carbocycles. The van der Waals surface area contributed by atoms with Gasteiger partial charge in [-0.3, -0.25) is 10.1 Å². The van der Waals surface area contributed by atoms with E-state index in [0.717, 1.165) is 17.8 Å². The third-order valence-corrected chi connectivity index (χ3v) is 9.19. The number of primary sulfonamides is 1. The summed E-state index contributed by atoms with van der Waals surface area (Å²) < 4.78 is 51.1. The number of nitrogens with zero attached hydrogens (tertiary/aromatic N) is 2. The Kier molecular flexibility index (Phi) is 6.31. The molecule has 9 nitrogen and oxygen atoms in total. The van der Waals surface area contributed by atoms with Gasteiger partial charge in [-0.25, -0.2) is 27.0 Å². The van der Waals surface area contributed by atoms with Gasteiger partial charge >= 0.3 is 0 Å². The van der Waals surface area contributed by atoms with Crippen molar-refractivity contribution in [2.45, 2.75) is 30.1 Å². The molecule has 3 N–H and O–H groups in total. The first-order valence-electron chi connectivity index (χ1n) is 10.3. The fraction of sp³-hybridized carbons (Fsp3) is 0.333. The topological polar surface area (TPSA) is 140 Å². The summed E-state index contributed by atoms with van der Waals surface area (Å²) in [4.78, 5) is 17.0.